The van der Waals surface area contributed by atoms with Gasteiger partial charge in [0.15, 0.2) is 0 Å². The number of benzene rings is 6. The molecule has 1 aliphatic heterocycles. The average Bonchev–Trinajstić information content (AvgIpc) is 3.79. The summed E-state index contributed by atoms with van der Waals surface area (Å²) in [6.45, 7) is 0. The minimum atomic E-state index is 0.0366. The van der Waals surface area contributed by atoms with E-state index in [-0.39, 0.29) is 5.41 Å². The normalized spacial score (nSPS) is 25.2. The van der Waals surface area contributed by atoms with Crippen molar-refractivity contribution in [2.45, 2.75) is 37.5 Å². The van der Waals surface area contributed by atoms with E-state index in [1.165, 1.54) is 97.9 Å². The predicted molar refractivity (Wildman–Crippen MR) is 200 cm³/mol. The third kappa shape index (κ3) is 2.92. The van der Waals surface area contributed by atoms with Crippen LogP contribution in [-0.4, -0.2) is 9.13 Å². The van der Waals surface area contributed by atoms with E-state index in [4.69, 9.17) is 4.42 Å². The van der Waals surface area contributed by atoms with Crippen molar-refractivity contribution in [3.63, 3.8) is 0 Å². The highest BCUT2D eigenvalue weighted by Crippen LogP contribution is 2.68. The van der Waals surface area contributed by atoms with Crippen molar-refractivity contribution in [1.29, 1.82) is 0 Å². The molecule has 0 unspecified atom stereocenters. The second-order valence-electron chi connectivity index (χ2n) is 15.7. The Morgan fingerprint density at radius 1 is 0.490 bits per heavy atom. The first-order valence-corrected chi connectivity index (χ1v) is 18.3. The van der Waals surface area contributed by atoms with E-state index < -0.39 is 0 Å². The lowest BCUT2D eigenvalue weighted by Gasteiger charge is -2.63. The quantitative estimate of drug-likeness (QED) is 0.177. The van der Waals surface area contributed by atoms with E-state index in [1.54, 1.807) is 11.1 Å². The van der Waals surface area contributed by atoms with Crippen molar-refractivity contribution >= 4 is 65.6 Å². The highest BCUT2D eigenvalue weighted by Gasteiger charge is 2.61. The van der Waals surface area contributed by atoms with Gasteiger partial charge in [-0.25, -0.2) is 0 Å². The molecule has 3 nitrogen and oxygen atoms in total. The van der Waals surface area contributed by atoms with E-state index in [0.717, 1.165) is 23.0 Å². The van der Waals surface area contributed by atoms with E-state index >= 15 is 0 Å². The number of fused-ring (bicyclic) bond motifs is 12. The summed E-state index contributed by atoms with van der Waals surface area (Å²) in [5.74, 6) is 3.17. The largest absolute Gasteiger partial charge is 0.456 e. The highest BCUT2D eigenvalue weighted by molar-refractivity contribution is 6.17. The van der Waals surface area contributed by atoms with Crippen molar-refractivity contribution in [3.05, 3.63) is 132 Å². The van der Waals surface area contributed by atoms with E-state index in [2.05, 4.69) is 130 Å². The van der Waals surface area contributed by atoms with Gasteiger partial charge in [-0.3, -0.25) is 0 Å². The van der Waals surface area contributed by atoms with Gasteiger partial charge in [-0.1, -0.05) is 78.9 Å². The summed E-state index contributed by atoms with van der Waals surface area (Å²) in [4.78, 5) is 0. The van der Waals surface area contributed by atoms with Crippen LogP contribution in [0.25, 0.3) is 76.9 Å². The minimum Gasteiger partial charge on any atom is -0.456 e. The number of furan rings is 1. The van der Waals surface area contributed by atoms with Gasteiger partial charge in [0.25, 0.3) is 0 Å². The minimum absolute atomic E-state index is 0.0366. The van der Waals surface area contributed by atoms with Gasteiger partial charge in [-0.2, -0.15) is 0 Å². The number of nitrogens with zero attached hydrogens (tertiary/aromatic N) is 2. The molecule has 0 saturated heterocycles. The molecule has 3 heteroatoms. The number of para-hydroxylation sites is 4. The lowest BCUT2D eigenvalue weighted by molar-refractivity contribution is -0.0418. The fourth-order valence-electron chi connectivity index (χ4n) is 12.3. The van der Waals surface area contributed by atoms with Gasteiger partial charge in [0, 0.05) is 38.0 Å². The van der Waals surface area contributed by atoms with Crippen molar-refractivity contribution < 1.29 is 4.42 Å². The van der Waals surface area contributed by atoms with Gasteiger partial charge < -0.3 is 13.6 Å². The molecular weight excluding hydrogens is 597 g/mol. The molecule has 0 atom stereocenters. The van der Waals surface area contributed by atoms with Crippen LogP contribution in [-0.2, 0) is 5.41 Å². The first kappa shape index (κ1) is 25.7. The third-order valence-electron chi connectivity index (χ3n) is 13.7. The Morgan fingerprint density at radius 3 is 1.90 bits per heavy atom. The standard InChI is InChI=1S/C46H34N2O/c1-4-13-38-31(8-1)32-9-2-5-14-39(32)47(38)30-16-18-40-35(25-30)33-11-7-12-36-44(33)48(40)45-37(17-19-42-43(45)34-10-3-6-15-41(34)49-42)46(36)28-21-26-20-27(23-28)24-29(46)22-26/h1-19,25-29H,20-24H2. The maximum atomic E-state index is 6.62. The summed E-state index contributed by atoms with van der Waals surface area (Å²) in [5.41, 5.74) is 12.9. The van der Waals surface area contributed by atoms with Gasteiger partial charge in [-0.15, -0.1) is 0 Å². The maximum Gasteiger partial charge on any atom is 0.137 e. The smallest absolute Gasteiger partial charge is 0.137 e. The van der Waals surface area contributed by atoms with Crippen LogP contribution >= 0.6 is 0 Å². The first-order chi connectivity index (χ1) is 24.3. The van der Waals surface area contributed by atoms with Crippen LogP contribution in [0.2, 0.25) is 0 Å². The summed E-state index contributed by atoms with van der Waals surface area (Å²) in [6.07, 6.45) is 6.92. The van der Waals surface area contributed by atoms with Crippen LogP contribution in [0.3, 0.4) is 0 Å². The molecule has 9 aromatic rings. The van der Waals surface area contributed by atoms with Crippen LogP contribution in [0.4, 0.5) is 0 Å². The van der Waals surface area contributed by atoms with Crippen LogP contribution in [0, 0.1) is 23.7 Å². The molecule has 49 heavy (non-hydrogen) atoms. The fourth-order valence-corrected chi connectivity index (χ4v) is 12.3. The molecule has 0 N–H and O–H groups in total. The van der Waals surface area contributed by atoms with Gasteiger partial charge in [-0.05, 0) is 109 Å². The lowest BCUT2D eigenvalue weighted by atomic mass is 9.41. The van der Waals surface area contributed by atoms with Gasteiger partial charge in [0.2, 0.25) is 0 Å². The SMILES string of the molecule is c1ccc2c(c1)oc1ccc3c(c12)-n1c2ccc(-n4c5ccccc5c5ccccc54)cc2c2cccc(c21)C31C2CC3CC(C2)CC1C3. The Kier molecular flexibility index (Phi) is 4.54. The van der Waals surface area contributed by atoms with Crippen LogP contribution in [0.1, 0.15) is 43.2 Å². The molecule has 234 valence electrons. The van der Waals surface area contributed by atoms with Crippen LogP contribution in [0.15, 0.2) is 126 Å². The summed E-state index contributed by atoms with van der Waals surface area (Å²) in [7, 11) is 0. The van der Waals surface area contributed by atoms with Gasteiger partial charge in [0.05, 0.1) is 33.1 Å². The second-order valence-corrected chi connectivity index (χ2v) is 15.7. The number of hydrogen-bond donors (Lipinski definition) is 0. The Labute approximate surface area is 283 Å². The summed E-state index contributed by atoms with van der Waals surface area (Å²) >= 11 is 0. The zero-order valence-electron chi connectivity index (χ0n) is 27.2. The van der Waals surface area contributed by atoms with Crippen molar-refractivity contribution in [3.8, 4) is 11.4 Å². The Hall–Kier alpha value is -5.28. The average molecular weight is 631 g/mol. The molecule has 1 spiro atoms. The zero-order valence-corrected chi connectivity index (χ0v) is 27.2. The lowest BCUT2D eigenvalue weighted by Crippen LogP contribution is -2.57. The van der Waals surface area contributed by atoms with E-state index in [9.17, 15) is 0 Å². The Balaban J connectivity index is 1.20. The molecule has 4 fully saturated rings. The predicted octanol–water partition coefficient (Wildman–Crippen LogP) is 11.8. The molecule has 0 amide bonds. The molecule has 4 saturated carbocycles. The van der Waals surface area contributed by atoms with Crippen LogP contribution < -0.4 is 0 Å². The van der Waals surface area contributed by atoms with Crippen molar-refractivity contribution in [2.75, 3.05) is 0 Å². The van der Waals surface area contributed by atoms with E-state index in [1.807, 2.05) is 0 Å². The molecule has 5 aliphatic rings. The summed E-state index contributed by atoms with van der Waals surface area (Å²) in [5, 5.41) is 7.80. The maximum absolute atomic E-state index is 6.62. The fraction of sp³-hybridized carbons (Fsp3) is 0.217. The third-order valence-corrected chi connectivity index (χ3v) is 13.7. The molecule has 14 rings (SSSR count). The Bertz CT molecular complexity index is 2830. The molecule has 4 bridgehead atoms. The molecule has 6 aromatic carbocycles. The summed E-state index contributed by atoms with van der Waals surface area (Å²) < 4.78 is 11.7. The summed E-state index contributed by atoms with van der Waals surface area (Å²) in [6, 6.07) is 45.7. The number of hydrogen-bond acceptors (Lipinski definition) is 1. The zero-order chi connectivity index (χ0) is 31.6. The number of aromatic nitrogens is 2. The monoisotopic (exact) mass is 630 g/mol. The first-order valence-electron chi connectivity index (χ1n) is 18.3. The van der Waals surface area contributed by atoms with Gasteiger partial charge >= 0.3 is 0 Å². The number of rotatable bonds is 1. The second kappa shape index (κ2) is 8.65. The Morgan fingerprint density at radius 2 is 1.14 bits per heavy atom. The van der Waals surface area contributed by atoms with Crippen LogP contribution in [0.5, 0.6) is 0 Å². The molecule has 0 radical (unpaired) electrons. The highest BCUT2D eigenvalue weighted by atomic mass is 16.3. The van der Waals surface area contributed by atoms with E-state index in [0.29, 0.717) is 11.8 Å². The molecule has 4 aliphatic carbocycles. The van der Waals surface area contributed by atoms with Crippen molar-refractivity contribution in [1.82, 2.24) is 9.13 Å². The topological polar surface area (TPSA) is 23.0 Å². The molecule has 4 heterocycles. The molecular formula is C46H34N2O. The molecule has 3 aromatic heterocycles. The van der Waals surface area contributed by atoms with Gasteiger partial charge in [0.1, 0.15) is 11.2 Å². The van der Waals surface area contributed by atoms with Crippen molar-refractivity contribution in [2.24, 2.45) is 23.7 Å².